The van der Waals surface area contributed by atoms with Gasteiger partial charge >= 0.3 is 0 Å². The molecule has 2 aromatic rings. The second-order valence-electron chi connectivity index (χ2n) is 4.68. The minimum Gasteiger partial charge on any atom is -0.466 e. The number of hydrogen-bond donors (Lipinski definition) is 2. The van der Waals surface area contributed by atoms with Crippen molar-refractivity contribution >= 4 is 29.1 Å². The molecule has 1 heterocycles. The van der Waals surface area contributed by atoms with E-state index in [0.717, 1.165) is 12.1 Å². The van der Waals surface area contributed by atoms with Crippen LogP contribution in [-0.4, -0.2) is 17.6 Å². The van der Waals surface area contributed by atoms with Crippen LogP contribution < -0.4 is 5.32 Å². The normalized spacial score (nSPS) is 13.8. The molecule has 2 N–H and O–H groups in total. The van der Waals surface area contributed by atoms with E-state index in [1.807, 2.05) is 0 Å². The lowest BCUT2D eigenvalue weighted by atomic mass is 10.0. The molecule has 0 fully saturated rings. The molecule has 0 aliphatic carbocycles. The lowest BCUT2D eigenvalue weighted by Crippen LogP contribution is -2.38. The molecule has 0 aliphatic rings. The number of furan rings is 1. The van der Waals surface area contributed by atoms with Crippen LogP contribution in [0.2, 0.25) is 10.0 Å². The predicted molar refractivity (Wildman–Crippen MR) is 77.0 cm³/mol. The van der Waals surface area contributed by atoms with Crippen molar-refractivity contribution in [2.24, 2.45) is 0 Å². The zero-order valence-corrected chi connectivity index (χ0v) is 12.5. The zero-order valence-electron chi connectivity index (χ0n) is 11.0. The van der Waals surface area contributed by atoms with Crippen molar-refractivity contribution < 1.29 is 18.7 Å². The Hall–Kier alpha value is -1.56. The molecule has 1 unspecified atom stereocenters. The van der Waals surface area contributed by atoms with Gasteiger partial charge in [0.1, 0.15) is 17.2 Å². The van der Waals surface area contributed by atoms with Gasteiger partial charge in [-0.3, -0.25) is 4.79 Å². The van der Waals surface area contributed by atoms with Crippen LogP contribution in [0.15, 0.2) is 34.9 Å². The summed E-state index contributed by atoms with van der Waals surface area (Å²) in [5.74, 6) is -1.07. The van der Waals surface area contributed by atoms with Crippen LogP contribution in [0.25, 0.3) is 0 Å². The standard InChI is InChI=1S/C14H12Cl2FNO3/c1-14(20,12-3-2-4-21-12)7-18-13(19)8-5-11(17)10(16)6-9(8)15/h2-6,20H,7H2,1H3,(H,18,19). The highest BCUT2D eigenvalue weighted by Gasteiger charge is 2.27. The van der Waals surface area contributed by atoms with Gasteiger partial charge in [0.15, 0.2) is 0 Å². The smallest absolute Gasteiger partial charge is 0.253 e. The molecule has 0 aliphatic heterocycles. The fraction of sp³-hybridized carbons (Fsp3) is 0.214. The van der Waals surface area contributed by atoms with Gasteiger partial charge in [-0.05, 0) is 31.2 Å². The van der Waals surface area contributed by atoms with Crippen molar-refractivity contribution in [2.75, 3.05) is 6.54 Å². The molecule has 0 saturated carbocycles. The van der Waals surface area contributed by atoms with E-state index < -0.39 is 17.3 Å². The second kappa shape index (κ2) is 6.05. The summed E-state index contributed by atoms with van der Waals surface area (Å²) >= 11 is 11.4. The highest BCUT2D eigenvalue weighted by molar-refractivity contribution is 6.36. The number of benzene rings is 1. The van der Waals surface area contributed by atoms with Crippen molar-refractivity contribution in [2.45, 2.75) is 12.5 Å². The summed E-state index contributed by atoms with van der Waals surface area (Å²) < 4.78 is 18.5. The molecule has 2 rings (SSSR count). The Balaban J connectivity index is 2.11. The predicted octanol–water partition coefficient (Wildman–Crippen LogP) is 3.36. The number of nitrogens with one attached hydrogen (secondary N) is 1. The first-order chi connectivity index (χ1) is 9.81. The molecule has 1 aromatic carbocycles. The van der Waals surface area contributed by atoms with Crippen LogP contribution in [0, 0.1) is 5.82 Å². The molecule has 1 amide bonds. The summed E-state index contributed by atoms with van der Waals surface area (Å²) in [6.07, 6.45) is 1.41. The highest BCUT2D eigenvalue weighted by atomic mass is 35.5. The molecule has 1 aromatic heterocycles. The van der Waals surface area contributed by atoms with Crippen LogP contribution in [0.3, 0.4) is 0 Å². The minimum atomic E-state index is -1.39. The maximum absolute atomic E-state index is 13.4. The van der Waals surface area contributed by atoms with E-state index in [2.05, 4.69) is 5.32 Å². The SMILES string of the molecule is CC(O)(CNC(=O)c1cc(F)c(Cl)cc1Cl)c1ccco1. The lowest BCUT2D eigenvalue weighted by molar-refractivity contribution is 0.0330. The van der Waals surface area contributed by atoms with Gasteiger partial charge in [-0.15, -0.1) is 0 Å². The van der Waals surface area contributed by atoms with E-state index in [-0.39, 0.29) is 22.2 Å². The molecule has 4 nitrogen and oxygen atoms in total. The maximum atomic E-state index is 13.4. The molecule has 0 saturated heterocycles. The average Bonchev–Trinajstić information content (AvgIpc) is 2.95. The summed E-state index contributed by atoms with van der Waals surface area (Å²) in [5.41, 5.74) is -1.45. The van der Waals surface area contributed by atoms with E-state index in [4.69, 9.17) is 27.6 Å². The third-order valence-electron chi connectivity index (χ3n) is 2.90. The zero-order chi connectivity index (χ0) is 15.6. The first kappa shape index (κ1) is 15.8. The van der Waals surface area contributed by atoms with Gasteiger partial charge in [0.05, 0.1) is 28.4 Å². The van der Waals surface area contributed by atoms with Gasteiger partial charge < -0.3 is 14.8 Å². The Morgan fingerprint density at radius 3 is 2.76 bits per heavy atom. The van der Waals surface area contributed by atoms with E-state index >= 15 is 0 Å². The highest BCUT2D eigenvalue weighted by Crippen LogP contribution is 2.25. The van der Waals surface area contributed by atoms with Crippen LogP contribution >= 0.6 is 23.2 Å². The van der Waals surface area contributed by atoms with Crippen molar-refractivity contribution in [3.05, 3.63) is 57.7 Å². The van der Waals surface area contributed by atoms with Crippen molar-refractivity contribution in [1.29, 1.82) is 0 Å². The van der Waals surface area contributed by atoms with Gasteiger partial charge in [-0.25, -0.2) is 4.39 Å². The topological polar surface area (TPSA) is 62.5 Å². The van der Waals surface area contributed by atoms with Crippen LogP contribution in [0.5, 0.6) is 0 Å². The number of halogens is 3. The Morgan fingerprint density at radius 1 is 1.43 bits per heavy atom. The summed E-state index contributed by atoms with van der Waals surface area (Å²) in [6, 6.07) is 5.30. The Morgan fingerprint density at radius 2 is 2.14 bits per heavy atom. The maximum Gasteiger partial charge on any atom is 0.253 e. The van der Waals surface area contributed by atoms with Gasteiger partial charge in [-0.2, -0.15) is 0 Å². The third kappa shape index (κ3) is 3.56. The quantitative estimate of drug-likeness (QED) is 0.844. The van der Waals surface area contributed by atoms with E-state index in [1.54, 1.807) is 12.1 Å². The Kier molecular flexibility index (Phi) is 4.56. The van der Waals surface area contributed by atoms with Crippen LogP contribution in [-0.2, 0) is 5.60 Å². The van der Waals surface area contributed by atoms with E-state index in [0.29, 0.717) is 5.76 Å². The lowest BCUT2D eigenvalue weighted by Gasteiger charge is -2.21. The van der Waals surface area contributed by atoms with Gasteiger partial charge in [-0.1, -0.05) is 23.2 Å². The molecular formula is C14H12Cl2FNO3. The van der Waals surface area contributed by atoms with Gasteiger partial charge in [0.2, 0.25) is 0 Å². The molecule has 1 atom stereocenters. The summed E-state index contributed by atoms with van der Waals surface area (Å²) in [4.78, 5) is 12.0. The summed E-state index contributed by atoms with van der Waals surface area (Å²) in [7, 11) is 0. The number of rotatable bonds is 4. The molecule has 21 heavy (non-hydrogen) atoms. The summed E-state index contributed by atoms with van der Waals surface area (Å²) in [6.45, 7) is 1.36. The number of amides is 1. The van der Waals surface area contributed by atoms with Crippen molar-refractivity contribution in [3.8, 4) is 0 Å². The molecule has 0 spiro atoms. The second-order valence-corrected chi connectivity index (χ2v) is 5.49. The van der Waals surface area contributed by atoms with Crippen LogP contribution in [0.4, 0.5) is 4.39 Å². The third-order valence-corrected chi connectivity index (χ3v) is 3.50. The van der Waals surface area contributed by atoms with E-state index in [9.17, 15) is 14.3 Å². The van der Waals surface area contributed by atoms with Crippen molar-refractivity contribution in [1.82, 2.24) is 5.32 Å². The Bertz CT molecular complexity index is 656. The number of carbonyl (C=O) groups is 1. The molecule has 0 bridgehead atoms. The monoisotopic (exact) mass is 331 g/mol. The fourth-order valence-corrected chi connectivity index (χ4v) is 2.19. The minimum absolute atomic E-state index is 0.0246. The molecule has 7 heteroatoms. The fourth-order valence-electron chi connectivity index (χ4n) is 1.72. The largest absolute Gasteiger partial charge is 0.466 e. The number of aliphatic hydroxyl groups is 1. The molecule has 0 radical (unpaired) electrons. The van der Waals surface area contributed by atoms with Crippen molar-refractivity contribution in [3.63, 3.8) is 0 Å². The van der Waals surface area contributed by atoms with E-state index in [1.165, 1.54) is 13.2 Å². The molecule has 112 valence electrons. The molecular weight excluding hydrogens is 320 g/mol. The van der Waals surface area contributed by atoms with Crippen LogP contribution in [0.1, 0.15) is 23.0 Å². The summed E-state index contributed by atoms with van der Waals surface area (Å²) in [5, 5.41) is 12.5. The number of carbonyl (C=O) groups excluding carboxylic acids is 1. The average molecular weight is 332 g/mol. The first-order valence-corrected chi connectivity index (χ1v) is 6.76. The van der Waals surface area contributed by atoms with Gasteiger partial charge in [0, 0.05) is 0 Å². The van der Waals surface area contributed by atoms with Gasteiger partial charge in [0.25, 0.3) is 5.91 Å². The number of hydrogen-bond acceptors (Lipinski definition) is 3. The Labute approximate surface area is 130 Å². The first-order valence-electron chi connectivity index (χ1n) is 6.00.